The number of carbonyl (C=O) groups excluding carboxylic acids is 1. The van der Waals surface area contributed by atoms with Gasteiger partial charge in [0.15, 0.2) is 6.10 Å². The van der Waals surface area contributed by atoms with Crippen LogP contribution in [-0.2, 0) is 16.0 Å². The zero-order chi connectivity index (χ0) is 15.0. The summed E-state index contributed by atoms with van der Waals surface area (Å²) >= 11 is 0. The molecule has 0 heterocycles. The van der Waals surface area contributed by atoms with Gasteiger partial charge in [-0.15, -0.1) is 0 Å². The second-order valence-corrected chi connectivity index (χ2v) is 4.44. The van der Waals surface area contributed by atoms with Crippen LogP contribution in [0.3, 0.4) is 0 Å². The second kappa shape index (κ2) is 8.53. The zero-order valence-electron chi connectivity index (χ0n) is 12.0. The van der Waals surface area contributed by atoms with Crippen LogP contribution in [0.5, 0.6) is 5.75 Å². The largest absolute Gasteiger partial charge is 0.478 e. The highest BCUT2D eigenvalue weighted by atomic mass is 19.1. The topological polar surface area (TPSA) is 61.5 Å². The van der Waals surface area contributed by atoms with Crippen LogP contribution in [0.4, 0.5) is 4.39 Å². The molecule has 1 aromatic carbocycles. The van der Waals surface area contributed by atoms with E-state index in [0.717, 1.165) is 6.42 Å². The fourth-order valence-corrected chi connectivity index (χ4v) is 1.89. The van der Waals surface area contributed by atoms with Crippen molar-refractivity contribution in [2.75, 3.05) is 13.2 Å². The van der Waals surface area contributed by atoms with Gasteiger partial charge in [0.1, 0.15) is 11.6 Å². The van der Waals surface area contributed by atoms with Crippen LogP contribution in [-0.4, -0.2) is 25.2 Å². The lowest BCUT2D eigenvalue weighted by atomic mass is 10.1. The molecule has 0 aromatic heterocycles. The summed E-state index contributed by atoms with van der Waals surface area (Å²) in [5.74, 6) is -0.246. The Labute approximate surface area is 119 Å². The predicted octanol–water partition coefficient (Wildman–Crippen LogP) is 2.44. The van der Waals surface area contributed by atoms with Gasteiger partial charge in [-0.25, -0.2) is 9.18 Å². The van der Waals surface area contributed by atoms with Gasteiger partial charge in [-0.1, -0.05) is 13.3 Å². The lowest BCUT2D eigenvalue weighted by Gasteiger charge is -2.19. The maximum Gasteiger partial charge on any atom is 0.347 e. The van der Waals surface area contributed by atoms with E-state index < -0.39 is 12.1 Å². The summed E-state index contributed by atoms with van der Waals surface area (Å²) in [6, 6.07) is 4.22. The minimum Gasteiger partial charge on any atom is -0.478 e. The smallest absolute Gasteiger partial charge is 0.347 e. The second-order valence-electron chi connectivity index (χ2n) is 4.44. The minimum atomic E-state index is -0.665. The van der Waals surface area contributed by atoms with Crippen molar-refractivity contribution in [2.24, 2.45) is 5.73 Å². The molecule has 0 saturated heterocycles. The molecule has 20 heavy (non-hydrogen) atoms. The first-order chi connectivity index (χ1) is 9.62. The van der Waals surface area contributed by atoms with Gasteiger partial charge in [-0.2, -0.15) is 0 Å². The Morgan fingerprint density at radius 3 is 2.75 bits per heavy atom. The average molecular weight is 283 g/mol. The fourth-order valence-electron chi connectivity index (χ4n) is 1.89. The molecule has 0 aliphatic rings. The highest BCUT2D eigenvalue weighted by molar-refractivity contribution is 5.75. The number of hydrogen-bond acceptors (Lipinski definition) is 4. The number of esters is 1. The number of halogens is 1. The first-order valence-corrected chi connectivity index (χ1v) is 6.94. The molecule has 1 unspecified atom stereocenters. The lowest BCUT2D eigenvalue weighted by Crippen LogP contribution is -2.29. The summed E-state index contributed by atoms with van der Waals surface area (Å²) in [4.78, 5) is 11.8. The minimum absolute atomic E-state index is 0.307. The molecule has 0 aliphatic carbocycles. The van der Waals surface area contributed by atoms with E-state index in [1.807, 2.05) is 6.92 Å². The summed E-state index contributed by atoms with van der Waals surface area (Å²) in [7, 11) is 0. The Balaban J connectivity index is 2.89. The molecule has 1 aromatic rings. The number of carbonyl (C=O) groups is 1. The molecule has 1 atom stereocenters. The van der Waals surface area contributed by atoms with Crippen molar-refractivity contribution in [1.82, 2.24) is 0 Å². The number of benzene rings is 1. The Morgan fingerprint density at radius 2 is 2.15 bits per heavy atom. The normalized spacial score (nSPS) is 12.0. The highest BCUT2D eigenvalue weighted by Crippen LogP contribution is 2.23. The molecule has 0 saturated carbocycles. The van der Waals surface area contributed by atoms with E-state index >= 15 is 0 Å². The molecule has 0 aliphatic heterocycles. The third kappa shape index (κ3) is 4.81. The molecule has 112 valence electrons. The molecular formula is C15H22FNO3. The molecule has 0 amide bonds. The van der Waals surface area contributed by atoms with Crippen molar-refractivity contribution >= 4 is 5.97 Å². The van der Waals surface area contributed by atoms with E-state index in [2.05, 4.69) is 0 Å². The van der Waals surface area contributed by atoms with Gasteiger partial charge in [0, 0.05) is 0 Å². The fraction of sp³-hybridized carbons (Fsp3) is 0.533. The third-order valence-electron chi connectivity index (χ3n) is 2.81. The van der Waals surface area contributed by atoms with Crippen LogP contribution < -0.4 is 10.5 Å². The van der Waals surface area contributed by atoms with E-state index in [4.69, 9.17) is 15.2 Å². The Bertz CT molecular complexity index is 437. The lowest BCUT2D eigenvalue weighted by molar-refractivity contribution is -0.151. The summed E-state index contributed by atoms with van der Waals surface area (Å²) in [6.07, 6.45) is 1.17. The average Bonchev–Trinajstić information content (AvgIpc) is 2.41. The third-order valence-corrected chi connectivity index (χ3v) is 2.81. The monoisotopic (exact) mass is 283 g/mol. The predicted molar refractivity (Wildman–Crippen MR) is 75.1 cm³/mol. The molecule has 1 rings (SSSR count). The van der Waals surface area contributed by atoms with E-state index in [-0.39, 0.29) is 5.82 Å². The Hall–Kier alpha value is -1.62. The number of hydrogen-bond donors (Lipinski definition) is 1. The number of rotatable bonds is 8. The van der Waals surface area contributed by atoms with Gasteiger partial charge in [-0.05, 0) is 50.1 Å². The van der Waals surface area contributed by atoms with Crippen LogP contribution in [0.25, 0.3) is 0 Å². The molecular weight excluding hydrogens is 261 g/mol. The number of nitrogens with two attached hydrogens (primary N) is 1. The molecule has 0 bridgehead atoms. The van der Waals surface area contributed by atoms with Crippen LogP contribution in [0.1, 0.15) is 32.3 Å². The van der Waals surface area contributed by atoms with Crippen molar-refractivity contribution in [1.29, 1.82) is 0 Å². The molecule has 4 nitrogen and oxygen atoms in total. The van der Waals surface area contributed by atoms with E-state index in [9.17, 15) is 9.18 Å². The molecule has 5 heteroatoms. The van der Waals surface area contributed by atoms with Gasteiger partial charge in [0.25, 0.3) is 0 Å². The standard InChI is InChI=1S/C15H22FNO3/c1-3-5-14(15(18)19-4-2)20-13-7-6-12(16)10-11(13)8-9-17/h6-7,10,14H,3-5,8-9,17H2,1-2H3. The maximum atomic E-state index is 13.2. The molecule has 0 spiro atoms. The van der Waals surface area contributed by atoms with Gasteiger partial charge >= 0.3 is 5.97 Å². The quantitative estimate of drug-likeness (QED) is 0.744. The van der Waals surface area contributed by atoms with E-state index in [1.165, 1.54) is 18.2 Å². The van der Waals surface area contributed by atoms with Crippen molar-refractivity contribution in [3.05, 3.63) is 29.6 Å². The van der Waals surface area contributed by atoms with Gasteiger partial charge in [0.05, 0.1) is 6.61 Å². The Morgan fingerprint density at radius 1 is 1.40 bits per heavy atom. The summed E-state index contributed by atoms with van der Waals surface area (Å²) in [5, 5.41) is 0. The zero-order valence-corrected chi connectivity index (χ0v) is 12.0. The van der Waals surface area contributed by atoms with Crippen LogP contribution in [0.2, 0.25) is 0 Å². The van der Waals surface area contributed by atoms with E-state index in [0.29, 0.717) is 37.3 Å². The van der Waals surface area contributed by atoms with Crippen molar-refractivity contribution in [2.45, 2.75) is 39.2 Å². The summed E-state index contributed by atoms with van der Waals surface area (Å²) < 4.78 is 23.9. The van der Waals surface area contributed by atoms with Crippen molar-refractivity contribution < 1.29 is 18.7 Å². The highest BCUT2D eigenvalue weighted by Gasteiger charge is 2.22. The van der Waals surface area contributed by atoms with Crippen molar-refractivity contribution in [3.63, 3.8) is 0 Å². The van der Waals surface area contributed by atoms with Crippen LogP contribution in [0.15, 0.2) is 18.2 Å². The number of ether oxygens (including phenoxy) is 2. The molecule has 2 N–H and O–H groups in total. The van der Waals surface area contributed by atoms with Gasteiger partial charge in [0.2, 0.25) is 0 Å². The van der Waals surface area contributed by atoms with Gasteiger partial charge < -0.3 is 15.2 Å². The van der Waals surface area contributed by atoms with E-state index in [1.54, 1.807) is 6.92 Å². The first-order valence-electron chi connectivity index (χ1n) is 6.94. The van der Waals surface area contributed by atoms with Crippen molar-refractivity contribution in [3.8, 4) is 5.75 Å². The summed E-state index contributed by atoms with van der Waals surface area (Å²) in [6.45, 7) is 4.40. The molecule has 0 fully saturated rings. The summed E-state index contributed by atoms with van der Waals surface area (Å²) in [5.41, 5.74) is 6.17. The van der Waals surface area contributed by atoms with Crippen LogP contribution >= 0.6 is 0 Å². The maximum absolute atomic E-state index is 13.2. The van der Waals surface area contributed by atoms with Crippen LogP contribution in [0, 0.1) is 5.82 Å². The first kappa shape index (κ1) is 16.4. The Kier molecular flexibility index (Phi) is 7.01. The molecule has 0 radical (unpaired) electrons. The SMILES string of the molecule is CCCC(Oc1ccc(F)cc1CCN)C(=O)OCC. The van der Waals surface area contributed by atoms with Gasteiger partial charge in [-0.3, -0.25) is 0 Å².